The Morgan fingerprint density at radius 2 is 1.52 bits per heavy atom. The minimum absolute atomic E-state index is 0.262. The molecule has 148 valence electrons. The van der Waals surface area contributed by atoms with Crippen LogP contribution in [0.2, 0.25) is 15.1 Å². The van der Waals surface area contributed by atoms with Crippen molar-refractivity contribution in [3.8, 4) is 16.9 Å². The number of amides is 1. The van der Waals surface area contributed by atoms with E-state index in [-0.39, 0.29) is 17.4 Å². The Balaban J connectivity index is 1.58. The van der Waals surface area contributed by atoms with Crippen molar-refractivity contribution in [3.63, 3.8) is 0 Å². The van der Waals surface area contributed by atoms with E-state index < -0.39 is 5.91 Å². The van der Waals surface area contributed by atoms with E-state index in [1.54, 1.807) is 0 Å². The number of nitrogens with zero attached hydrogens (tertiary/aromatic N) is 1. The number of carbonyl (C=O) groups excluding carboxylic acids is 1. The molecule has 29 heavy (non-hydrogen) atoms. The number of carbonyl (C=O) groups is 1. The quantitative estimate of drug-likeness (QED) is 0.276. The van der Waals surface area contributed by atoms with Crippen molar-refractivity contribution in [1.82, 2.24) is 5.43 Å². The van der Waals surface area contributed by atoms with E-state index in [0.29, 0.717) is 15.8 Å². The zero-order valence-corrected chi connectivity index (χ0v) is 17.7. The molecule has 0 unspecified atom stereocenters. The van der Waals surface area contributed by atoms with Gasteiger partial charge in [-0.2, -0.15) is 5.10 Å². The van der Waals surface area contributed by atoms with Crippen LogP contribution in [0.1, 0.15) is 12.5 Å². The SMILES string of the molecule is C/C(=N\NC(=O)COc1cc(Cl)c(Cl)cc1Cl)c1ccc(-c2ccccc2)cc1. The average molecular weight is 448 g/mol. The number of rotatable bonds is 6. The van der Waals surface area contributed by atoms with Crippen molar-refractivity contribution in [2.75, 3.05) is 6.61 Å². The summed E-state index contributed by atoms with van der Waals surface area (Å²) in [6.07, 6.45) is 0. The Labute approximate surface area is 184 Å². The van der Waals surface area contributed by atoms with Gasteiger partial charge in [-0.15, -0.1) is 0 Å². The van der Waals surface area contributed by atoms with Crippen LogP contribution in [0.4, 0.5) is 0 Å². The van der Waals surface area contributed by atoms with Gasteiger partial charge in [0, 0.05) is 6.07 Å². The van der Waals surface area contributed by atoms with Crippen molar-refractivity contribution in [2.45, 2.75) is 6.92 Å². The van der Waals surface area contributed by atoms with E-state index >= 15 is 0 Å². The molecule has 4 nitrogen and oxygen atoms in total. The summed E-state index contributed by atoms with van der Waals surface area (Å²) in [4.78, 5) is 12.0. The highest BCUT2D eigenvalue weighted by atomic mass is 35.5. The lowest BCUT2D eigenvalue weighted by atomic mass is 10.0. The summed E-state index contributed by atoms with van der Waals surface area (Å²) in [5, 5.41) is 4.99. The zero-order valence-electron chi connectivity index (χ0n) is 15.5. The number of halogens is 3. The lowest BCUT2D eigenvalue weighted by Crippen LogP contribution is -2.25. The molecule has 0 atom stereocenters. The number of hydrazone groups is 1. The maximum atomic E-state index is 12.0. The fourth-order valence-electron chi connectivity index (χ4n) is 2.54. The molecular formula is C22H17Cl3N2O2. The third-order valence-electron chi connectivity index (χ3n) is 4.09. The molecular weight excluding hydrogens is 431 g/mol. The van der Waals surface area contributed by atoms with Crippen LogP contribution in [0.15, 0.2) is 71.8 Å². The predicted molar refractivity (Wildman–Crippen MR) is 119 cm³/mol. The molecule has 0 heterocycles. The summed E-state index contributed by atoms with van der Waals surface area (Å²) in [5.41, 5.74) is 6.29. The molecule has 0 aliphatic carbocycles. The van der Waals surface area contributed by atoms with Gasteiger partial charge in [-0.05, 0) is 29.7 Å². The molecule has 7 heteroatoms. The van der Waals surface area contributed by atoms with Crippen LogP contribution in [0.25, 0.3) is 11.1 Å². The van der Waals surface area contributed by atoms with Crippen molar-refractivity contribution in [2.24, 2.45) is 5.10 Å². The van der Waals surface area contributed by atoms with Gasteiger partial charge in [0.1, 0.15) is 5.75 Å². The maximum absolute atomic E-state index is 12.0. The molecule has 0 fully saturated rings. The standard InChI is InChI=1S/C22H17Cl3N2O2/c1-14(15-7-9-17(10-8-15)16-5-3-2-4-6-16)26-27-22(28)13-29-21-12-19(24)18(23)11-20(21)25/h2-12H,13H2,1H3,(H,27,28)/b26-14+. The van der Waals surface area contributed by atoms with Crippen LogP contribution in [-0.4, -0.2) is 18.2 Å². The van der Waals surface area contributed by atoms with Crippen LogP contribution >= 0.6 is 34.8 Å². The Morgan fingerprint density at radius 1 is 0.897 bits per heavy atom. The first-order valence-electron chi connectivity index (χ1n) is 8.70. The second-order valence-electron chi connectivity index (χ2n) is 6.16. The molecule has 0 spiro atoms. The van der Waals surface area contributed by atoms with Crippen LogP contribution in [0.3, 0.4) is 0 Å². The summed E-state index contributed by atoms with van der Waals surface area (Å²) in [5.74, 6) is -0.152. The van der Waals surface area contributed by atoms with E-state index in [1.807, 2.05) is 49.4 Å². The topological polar surface area (TPSA) is 50.7 Å². The minimum atomic E-state index is -0.424. The van der Waals surface area contributed by atoms with E-state index in [9.17, 15) is 4.79 Å². The van der Waals surface area contributed by atoms with Gasteiger partial charge >= 0.3 is 0 Å². The van der Waals surface area contributed by atoms with Gasteiger partial charge in [0.15, 0.2) is 6.61 Å². The third-order valence-corrected chi connectivity index (χ3v) is 5.11. The van der Waals surface area contributed by atoms with Gasteiger partial charge in [-0.3, -0.25) is 4.79 Å². The normalized spacial score (nSPS) is 11.2. The Hall–Kier alpha value is -2.53. The van der Waals surface area contributed by atoms with Crippen LogP contribution in [0.5, 0.6) is 5.75 Å². The van der Waals surface area contributed by atoms with Crippen molar-refractivity contribution < 1.29 is 9.53 Å². The highest BCUT2D eigenvalue weighted by molar-refractivity contribution is 6.43. The van der Waals surface area contributed by atoms with Crippen molar-refractivity contribution >= 4 is 46.4 Å². The lowest BCUT2D eigenvalue weighted by Gasteiger charge is -2.09. The second kappa shape index (κ2) is 9.79. The van der Waals surface area contributed by atoms with E-state index in [4.69, 9.17) is 39.5 Å². The highest BCUT2D eigenvalue weighted by Gasteiger charge is 2.09. The number of ether oxygens (including phenoxy) is 1. The third kappa shape index (κ3) is 5.73. The number of nitrogens with one attached hydrogen (secondary N) is 1. The smallest absolute Gasteiger partial charge is 0.277 e. The fourth-order valence-corrected chi connectivity index (χ4v) is 3.13. The molecule has 0 aliphatic heterocycles. The van der Waals surface area contributed by atoms with Crippen LogP contribution in [0, 0.1) is 0 Å². The van der Waals surface area contributed by atoms with Gasteiger partial charge in [-0.25, -0.2) is 5.43 Å². The molecule has 0 aliphatic rings. The first kappa shape index (κ1) is 21.2. The monoisotopic (exact) mass is 446 g/mol. The molecule has 3 aromatic rings. The minimum Gasteiger partial charge on any atom is -0.482 e. The largest absolute Gasteiger partial charge is 0.482 e. The average Bonchev–Trinajstić information content (AvgIpc) is 2.74. The number of hydrogen-bond donors (Lipinski definition) is 1. The van der Waals surface area contributed by atoms with Gasteiger partial charge < -0.3 is 4.74 Å². The molecule has 3 aromatic carbocycles. The van der Waals surface area contributed by atoms with Gasteiger partial charge in [0.2, 0.25) is 0 Å². The second-order valence-corrected chi connectivity index (χ2v) is 7.38. The first-order chi connectivity index (χ1) is 13.9. The summed E-state index contributed by atoms with van der Waals surface area (Å²) in [6, 6.07) is 20.9. The molecule has 3 rings (SSSR count). The molecule has 1 amide bonds. The van der Waals surface area contributed by atoms with Gasteiger partial charge in [-0.1, -0.05) is 89.4 Å². The Bertz CT molecular complexity index is 1040. The van der Waals surface area contributed by atoms with E-state index in [0.717, 1.165) is 16.7 Å². The summed E-state index contributed by atoms with van der Waals surface area (Å²) in [6.45, 7) is 1.55. The predicted octanol–water partition coefficient (Wildman–Crippen LogP) is 6.23. The zero-order chi connectivity index (χ0) is 20.8. The highest BCUT2D eigenvalue weighted by Crippen LogP contribution is 2.33. The van der Waals surface area contributed by atoms with Crippen LogP contribution in [-0.2, 0) is 4.79 Å². The summed E-state index contributed by atoms with van der Waals surface area (Å²) < 4.78 is 5.38. The molecule has 1 N–H and O–H groups in total. The Morgan fingerprint density at radius 3 is 2.21 bits per heavy atom. The van der Waals surface area contributed by atoms with Crippen molar-refractivity contribution in [3.05, 3.63) is 87.4 Å². The first-order valence-corrected chi connectivity index (χ1v) is 9.84. The lowest BCUT2D eigenvalue weighted by molar-refractivity contribution is -0.123. The van der Waals surface area contributed by atoms with Gasteiger partial charge in [0.05, 0.1) is 20.8 Å². The van der Waals surface area contributed by atoms with E-state index in [1.165, 1.54) is 12.1 Å². The number of hydrogen-bond acceptors (Lipinski definition) is 3. The molecule has 0 radical (unpaired) electrons. The number of benzene rings is 3. The molecule has 0 bridgehead atoms. The van der Waals surface area contributed by atoms with Gasteiger partial charge in [0.25, 0.3) is 5.91 Å². The molecule has 0 aromatic heterocycles. The molecule has 0 saturated heterocycles. The summed E-state index contributed by atoms with van der Waals surface area (Å²) >= 11 is 17.8. The van der Waals surface area contributed by atoms with Crippen LogP contribution < -0.4 is 10.2 Å². The maximum Gasteiger partial charge on any atom is 0.277 e. The summed E-state index contributed by atoms with van der Waals surface area (Å²) in [7, 11) is 0. The molecule has 0 saturated carbocycles. The van der Waals surface area contributed by atoms with Crippen molar-refractivity contribution in [1.29, 1.82) is 0 Å². The van der Waals surface area contributed by atoms with E-state index in [2.05, 4.69) is 22.7 Å². The fraction of sp³-hybridized carbons (Fsp3) is 0.0909. The Kier molecular flexibility index (Phi) is 7.15.